The van der Waals surface area contributed by atoms with Gasteiger partial charge in [-0.05, 0) is 67.8 Å². The van der Waals surface area contributed by atoms with E-state index in [1.807, 2.05) is 0 Å². The number of benzene rings is 2. The van der Waals surface area contributed by atoms with Gasteiger partial charge < -0.3 is 16.0 Å². The van der Waals surface area contributed by atoms with Gasteiger partial charge in [0, 0.05) is 42.9 Å². The van der Waals surface area contributed by atoms with Crippen LogP contribution in [0.1, 0.15) is 64.7 Å². The smallest absolute Gasteiger partial charge is 0.272 e. The lowest BCUT2D eigenvalue weighted by Gasteiger charge is -2.18. The first-order valence-corrected chi connectivity index (χ1v) is 11.6. The average Bonchev–Trinajstić information content (AvgIpc) is 3.38. The van der Waals surface area contributed by atoms with E-state index in [-0.39, 0.29) is 22.9 Å². The number of hydrogen-bond acceptors (Lipinski definition) is 5. The Labute approximate surface area is 206 Å². The van der Waals surface area contributed by atoms with Gasteiger partial charge in [0.1, 0.15) is 5.69 Å². The summed E-state index contributed by atoms with van der Waals surface area (Å²) in [6, 6.07) is 12.3. The molecule has 1 aliphatic heterocycles. The van der Waals surface area contributed by atoms with Crippen molar-refractivity contribution >= 4 is 17.5 Å². The summed E-state index contributed by atoms with van der Waals surface area (Å²) in [5.74, 6) is -3.81. The second kappa shape index (κ2) is 9.88. The van der Waals surface area contributed by atoms with Crippen molar-refractivity contribution in [2.45, 2.75) is 38.7 Å². The van der Waals surface area contributed by atoms with Gasteiger partial charge in [0.05, 0.1) is 11.7 Å². The molecule has 4 rings (SSSR count). The molecule has 1 aromatic heterocycles. The largest absolute Gasteiger partial charge is 0.399 e. The third-order valence-corrected chi connectivity index (χ3v) is 6.10. The van der Waals surface area contributed by atoms with Gasteiger partial charge in [-0.1, -0.05) is 6.07 Å². The number of carbonyl (C=O) groups is 2. The van der Waals surface area contributed by atoms with E-state index in [0.717, 1.165) is 24.4 Å². The van der Waals surface area contributed by atoms with Crippen molar-refractivity contribution in [1.29, 1.82) is 0 Å². The Hall–Kier alpha value is -4.08. The zero-order chi connectivity index (χ0) is 26.0. The van der Waals surface area contributed by atoms with Gasteiger partial charge in [-0.15, -0.1) is 0 Å². The molecule has 0 saturated carbocycles. The molecule has 3 N–H and O–H groups in total. The summed E-state index contributed by atoms with van der Waals surface area (Å²) in [7, 11) is 0. The fraction of sp³-hybridized carbons (Fsp3) is 0.308. The summed E-state index contributed by atoms with van der Waals surface area (Å²) in [5, 5.41) is 6.89. The predicted molar refractivity (Wildman–Crippen MR) is 131 cm³/mol. The van der Waals surface area contributed by atoms with Crippen LogP contribution in [0.4, 0.5) is 14.5 Å². The molecule has 2 heterocycles. The van der Waals surface area contributed by atoms with Crippen LogP contribution in [0, 0.1) is 0 Å². The number of carbonyl (C=O) groups excluding carboxylic acids is 2. The number of rotatable bonds is 6. The zero-order valence-corrected chi connectivity index (χ0v) is 20.0. The second-order valence-corrected chi connectivity index (χ2v) is 8.99. The first kappa shape index (κ1) is 25.0. The van der Waals surface area contributed by atoms with Crippen molar-refractivity contribution in [3.8, 4) is 5.69 Å². The van der Waals surface area contributed by atoms with Crippen molar-refractivity contribution in [3.63, 3.8) is 0 Å². The van der Waals surface area contributed by atoms with Crippen LogP contribution < -0.4 is 16.6 Å². The molecule has 36 heavy (non-hydrogen) atoms. The molecule has 0 aliphatic carbocycles. The molecule has 1 atom stereocenters. The van der Waals surface area contributed by atoms with Gasteiger partial charge >= 0.3 is 0 Å². The lowest BCUT2D eigenvalue weighted by Crippen LogP contribution is -2.31. The topological polar surface area (TPSA) is 110 Å². The summed E-state index contributed by atoms with van der Waals surface area (Å²) in [5.41, 5.74) is 6.33. The molecule has 1 fully saturated rings. The van der Waals surface area contributed by atoms with Gasteiger partial charge in [-0.2, -0.15) is 9.78 Å². The second-order valence-electron chi connectivity index (χ2n) is 8.99. The van der Waals surface area contributed by atoms with Gasteiger partial charge in [0.15, 0.2) is 0 Å². The highest BCUT2D eigenvalue weighted by molar-refractivity contribution is 5.95. The van der Waals surface area contributed by atoms with Crippen molar-refractivity contribution in [3.05, 3.63) is 87.3 Å². The average molecular weight is 496 g/mol. The Kier molecular flexibility index (Phi) is 6.87. The number of nitrogens with two attached hydrogens (primary N) is 1. The van der Waals surface area contributed by atoms with Crippen molar-refractivity contribution in [2.75, 3.05) is 18.8 Å². The molecular weight excluding hydrogens is 468 g/mol. The number of alkyl halides is 2. The SMILES string of the molecule is C[C@@H](NC(=O)c1ccc(=O)n(-c2cccc(C(=O)N3CCCC3)c2)n1)c1cc(N)cc(C(C)(F)F)c1. The Balaban J connectivity index is 1.57. The fourth-order valence-electron chi connectivity index (χ4n) is 4.12. The van der Waals surface area contributed by atoms with Crippen LogP contribution in [0.2, 0.25) is 0 Å². The van der Waals surface area contributed by atoms with E-state index < -0.39 is 23.4 Å². The number of anilines is 1. The molecule has 0 radical (unpaired) electrons. The number of hydrogen-bond donors (Lipinski definition) is 2. The minimum absolute atomic E-state index is 0.0531. The molecule has 10 heteroatoms. The summed E-state index contributed by atoms with van der Waals surface area (Å²) in [6.45, 7) is 3.79. The van der Waals surface area contributed by atoms with Crippen molar-refractivity contribution in [1.82, 2.24) is 20.0 Å². The highest BCUT2D eigenvalue weighted by Crippen LogP contribution is 2.31. The first-order chi connectivity index (χ1) is 17.0. The van der Waals surface area contributed by atoms with Gasteiger partial charge in [-0.25, -0.2) is 8.78 Å². The minimum atomic E-state index is -3.09. The predicted octanol–water partition coefficient (Wildman–Crippen LogP) is 3.65. The number of amides is 2. The monoisotopic (exact) mass is 495 g/mol. The van der Waals surface area contributed by atoms with E-state index in [9.17, 15) is 23.2 Å². The number of likely N-dealkylation sites (tertiary alicyclic amines) is 1. The maximum atomic E-state index is 13.8. The molecule has 1 saturated heterocycles. The van der Waals surface area contributed by atoms with E-state index in [2.05, 4.69) is 10.4 Å². The van der Waals surface area contributed by atoms with Gasteiger partial charge in [0.2, 0.25) is 0 Å². The maximum absolute atomic E-state index is 13.8. The highest BCUT2D eigenvalue weighted by Gasteiger charge is 2.26. The number of nitrogens with zero attached hydrogens (tertiary/aromatic N) is 3. The van der Waals surface area contributed by atoms with Crippen LogP contribution in [-0.4, -0.2) is 39.6 Å². The number of nitrogens with one attached hydrogen (secondary N) is 1. The molecule has 3 aromatic rings. The third-order valence-electron chi connectivity index (χ3n) is 6.10. The van der Waals surface area contributed by atoms with Crippen molar-refractivity contribution < 1.29 is 18.4 Å². The van der Waals surface area contributed by atoms with Crippen LogP contribution in [0.15, 0.2) is 59.4 Å². The molecule has 188 valence electrons. The van der Waals surface area contributed by atoms with Crippen LogP contribution >= 0.6 is 0 Å². The number of aromatic nitrogens is 2. The molecule has 0 unspecified atom stereocenters. The van der Waals surface area contributed by atoms with Crippen LogP contribution in [0.25, 0.3) is 5.69 Å². The molecule has 0 bridgehead atoms. The first-order valence-electron chi connectivity index (χ1n) is 11.6. The quantitative estimate of drug-likeness (QED) is 0.507. The summed E-state index contributed by atoms with van der Waals surface area (Å²) >= 11 is 0. The maximum Gasteiger partial charge on any atom is 0.272 e. The van der Waals surface area contributed by atoms with Crippen LogP contribution in [0.3, 0.4) is 0 Å². The summed E-state index contributed by atoms with van der Waals surface area (Å²) in [6.07, 6.45) is 1.92. The Morgan fingerprint density at radius 3 is 2.50 bits per heavy atom. The van der Waals surface area contributed by atoms with Crippen molar-refractivity contribution in [2.24, 2.45) is 0 Å². The lowest BCUT2D eigenvalue weighted by atomic mass is 10.0. The zero-order valence-electron chi connectivity index (χ0n) is 20.0. The normalized spacial score (nSPS) is 14.5. The molecule has 2 aromatic carbocycles. The standard InChI is InChI=1S/C26H27F2N5O3/c1-16(18-12-19(26(2,27)28)15-20(29)13-18)30-24(35)22-8-9-23(34)33(31-22)21-7-5-6-17(14-21)25(36)32-10-3-4-11-32/h5-9,12-16H,3-4,10-11,29H2,1-2H3,(H,30,35)/t16-/m1/s1. The third kappa shape index (κ3) is 5.42. The lowest BCUT2D eigenvalue weighted by molar-refractivity contribution is 0.0174. The Morgan fingerprint density at radius 1 is 1.08 bits per heavy atom. The van der Waals surface area contributed by atoms with Crippen LogP contribution in [0.5, 0.6) is 0 Å². The molecular formula is C26H27F2N5O3. The molecule has 8 nitrogen and oxygen atoms in total. The van der Waals surface area contributed by atoms with Gasteiger partial charge in [-0.3, -0.25) is 14.4 Å². The Morgan fingerprint density at radius 2 is 1.81 bits per heavy atom. The Bertz CT molecular complexity index is 1360. The molecule has 0 spiro atoms. The molecule has 2 amide bonds. The van der Waals surface area contributed by atoms with E-state index >= 15 is 0 Å². The van der Waals surface area contributed by atoms with Crippen LogP contribution in [-0.2, 0) is 5.92 Å². The van der Waals surface area contributed by atoms with E-state index in [1.54, 1.807) is 36.1 Å². The highest BCUT2D eigenvalue weighted by atomic mass is 19.3. The van der Waals surface area contributed by atoms with E-state index in [1.165, 1.54) is 30.3 Å². The number of nitrogen functional groups attached to an aromatic ring is 1. The minimum Gasteiger partial charge on any atom is -0.399 e. The fourth-order valence-corrected chi connectivity index (χ4v) is 4.12. The van der Waals surface area contributed by atoms with E-state index in [4.69, 9.17) is 5.73 Å². The molecule has 1 aliphatic rings. The number of halogens is 2. The summed E-state index contributed by atoms with van der Waals surface area (Å²) < 4.78 is 28.7. The van der Waals surface area contributed by atoms with Gasteiger partial charge in [0.25, 0.3) is 23.3 Å². The summed E-state index contributed by atoms with van der Waals surface area (Å²) in [4.78, 5) is 40.0. The van der Waals surface area contributed by atoms with E-state index in [0.29, 0.717) is 29.9 Å².